The number of sulfone groups is 1. The number of H-pyrrole nitrogens is 1. The van der Waals surface area contributed by atoms with Crippen molar-refractivity contribution in [2.24, 2.45) is 5.92 Å². The van der Waals surface area contributed by atoms with Crippen molar-refractivity contribution in [1.29, 1.82) is 0 Å². The van der Waals surface area contributed by atoms with Crippen molar-refractivity contribution in [1.82, 2.24) is 14.5 Å². The maximum atomic E-state index is 13.8. The Hall–Kier alpha value is -3.83. The number of aromatic nitrogens is 2. The Kier molecular flexibility index (Phi) is 8.43. The summed E-state index contributed by atoms with van der Waals surface area (Å²) in [5.74, 6) is 0.233. The summed E-state index contributed by atoms with van der Waals surface area (Å²) >= 11 is 0. The predicted molar refractivity (Wildman–Crippen MR) is 168 cm³/mol. The van der Waals surface area contributed by atoms with Crippen LogP contribution in [0.25, 0.3) is 0 Å². The summed E-state index contributed by atoms with van der Waals surface area (Å²) < 4.78 is 42.6. The van der Waals surface area contributed by atoms with Crippen molar-refractivity contribution >= 4 is 9.84 Å². The van der Waals surface area contributed by atoms with Crippen molar-refractivity contribution in [2.45, 2.75) is 43.1 Å². The topological polar surface area (TPSA) is 111 Å². The van der Waals surface area contributed by atoms with Crippen LogP contribution in [0.5, 0.6) is 0 Å². The maximum absolute atomic E-state index is 13.8. The molecule has 2 saturated heterocycles. The molecule has 0 aliphatic carbocycles. The molecule has 3 aromatic carbocycles. The molecule has 3 heterocycles. The summed E-state index contributed by atoms with van der Waals surface area (Å²) in [6.07, 6.45) is -0.450. The Balaban J connectivity index is 1.46. The van der Waals surface area contributed by atoms with Crippen LogP contribution in [-0.4, -0.2) is 65.7 Å². The molecule has 2 aliphatic heterocycles. The number of hydrogen-bond acceptors (Lipinski definition) is 7. The van der Waals surface area contributed by atoms with Crippen LogP contribution in [0.4, 0.5) is 0 Å². The number of aromatic amines is 1. The van der Waals surface area contributed by atoms with E-state index in [-0.39, 0.29) is 18.3 Å². The Morgan fingerprint density at radius 2 is 1.43 bits per heavy atom. The molecule has 2 fully saturated rings. The van der Waals surface area contributed by atoms with E-state index in [1.54, 1.807) is 0 Å². The maximum Gasteiger partial charge on any atom is 0.330 e. The molecule has 0 unspecified atom stereocenters. The SMILES string of the molecule is CC(C)CN1CCS(=O)(=O)[C@H]2[C@@H]1[C@H](n1ccc(=O)[nH]c1=O)O[C@@H]2COC(c1ccccc1)(c1ccccc1)c1ccccc1. The number of hydrogen-bond donors (Lipinski definition) is 1. The minimum atomic E-state index is -3.64. The highest BCUT2D eigenvalue weighted by Crippen LogP contribution is 2.44. The van der Waals surface area contributed by atoms with Gasteiger partial charge in [0.05, 0.1) is 18.4 Å². The van der Waals surface area contributed by atoms with Gasteiger partial charge in [0, 0.05) is 25.4 Å². The van der Waals surface area contributed by atoms with E-state index in [4.69, 9.17) is 9.47 Å². The number of benzene rings is 3. The van der Waals surface area contributed by atoms with E-state index in [0.29, 0.717) is 13.1 Å². The molecular formula is C34H37N3O6S. The van der Waals surface area contributed by atoms with Gasteiger partial charge in [0.15, 0.2) is 16.1 Å². The first-order valence-corrected chi connectivity index (χ1v) is 16.7. The molecule has 6 rings (SSSR count). The summed E-state index contributed by atoms with van der Waals surface area (Å²) in [7, 11) is -3.64. The van der Waals surface area contributed by atoms with Crippen LogP contribution in [0.15, 0.2) is 113 Å². The Morgan fingerprint density at radius 3 is 1.93 bits per heavy atom. The Bertz CT molecular complexity index is 1690. The molecule has 0 bridgehead atoms. The van der Waals surface area contributed by atoms with Gasteiger partial charge in [-0.2, -0.15) is 0 Å². The number of nitrogens with one attached hydrogen (secondary N) is 1. The third-order valence-electron chi connectivity index (χ3n) is 8.54. The molecule has 10 heteroatoms. The fraction of sp³-hybridized carbons (Fsp3) is 0.353. The molecule has 4 atom stereocenters. The quantitative estimate of drug-likeness (QED) is 0.287. The van der Waals surface area contributed by atoms with Gasteiger partial charge in [0.2, 0.25) is 0 Å². The minimum Gasteiger partial charge on any atom is -0.358 e. The lowest BCUT2D eigenvalue weighted by Gasteiger charge is -2.40. The highest BCUT2D eigenvalue weighted by molar-refractivity contribution is 7.92. The van der Waals surface area contributed by atoms with Crippen LogP contribution < -0.4 is 11.2 Å². The fourth-order valence-electron chi connectivity index (χ4n) is 6.73. The van der Waals surface area contributed by atoms with Crippen LogP contribution in [-0.2, 0) is 24.9 Å². The van der Waals surface area contributed by atoms with Gasteiger partial charge in [-0.3, -0.25) is 19.2 Å². The third-order valence-corrected chi connectivity index (χ3v) is 10.7. The fourth-order valence-corrected chi connectivity index (χ4v) is 8.83. The summed E-state index contributed by atoms with van der Waals surface area (Å²) in [4.78, 5) is 29.3. The highest BCUT2D eigenvalue weighted by Gasteiger charge is 2.57. The van der Waals surface area contributed by atoms with Gasteiger partial charge in [-0.25, -0.2) is 13.2 Å². The van der Waals surface area contributed by atoms with Crippen molar-refractivity contribution in [3.63, 3.8) is 0 Å². The molecule has 0 radical (unpaired) electrons. The van der Waals surface area contributed by atoms with Crippen LogP contribution in [0, 0.1) is 5.92 Å². The lowest BCUT2D eigenvalue weighted by molar-refractivity contribution is -0.0832. The number of fused-ring (bicyclic) bond motifs is 1. The van der Waals surface area contributed by atoms with Crippen molar-refractivity contribution < 1.29 is 17.9 Å². The summed E-state index contributed by atoms with van der Waals surface area (Å²) in [6, 6.07) is 30.2. The first-order chi connectivity index (χ1) is 21.2. The van der Waals surface area contributed by atoms with Crippen molar-refractivity contribution in [2.75, 3.05) is 25.4 Å². The zero-order valence-electron chi connectivity index (χ0n) is 24.8. The van der Waals surface area contributed by atoms with Gasteiger partial charge in [0.1, 0.15) is 17.0 Å². The van der Waals surface area contributed by atoms with Crippen molar-refractivity contribution in [3.8, 4) is 0 Å². The molecule has 9 nitrogen and oxygen atoms in total. The van der Waals surface area contributed by atoms with E-state index in [2.05, 4.69) is 23.7 Å². The average Bonchev–Trinajstić information content (AvgIpc) is 3.41. The molecular weight excluding hydrogens is 578 g/mol. The second kappa shape index (κ2) is 12.3. The van der Waals surface area contributed by atoms with E-state index in [9.17, 15) is 18.0 Å². The van der Waals surface area contributed by atoms with Crippen molar-refractivity contribution in [3.05, 3.63) is 141 Å². The number of ether oxygens (including phenoxy) is 2. The molecule has 44 heavy (non-hydrogen) atoms. The van der Waals surface area contributed by atoms with Gasteiger partial charge in [-0.15, -0.1) is 0 Å². The van der Waals surface area contributed by atoms with E-state index >= 15 is 0 Å². The van der Waals surface area contributed by atoms with E-state index in [1.807, 2.05) is 91.0 Å². The standard InChI is InChI=1S/C34H37N3O6S/c1-24(2)22-36-20-21-44(40,41)31-28(43-32(30(31)36)37-19-18-29(38)35-33(37)39)23-42-34(25-12-6-3-7-13-25,26-14-8-4-9-15-26)27-16-10-5-11-17-27/h3-19,24,28,30-32H,20-23H2,1-2H3,(H,35,38,39)/t28-,30-,31-,32-/m1/s1. The molecule has 1 aromatic heterocycles. The highest BCUT2D eigenvalue weighted by atomic mass is 32.2. The predicted octanol–water partition coefficient (Wildman–Crippen LogP) is 3.57. The first kappa shape index (κ1) is 30.2. The molecule has 0 saturated carbocycles. The zero-order chi connectivity index (χ0) is 30.9. The van der Waals surface area contributed by atoms with Gasteiger partial charge >= 0.3 is 5.69 Å². The van der Waals surface area contributed by atoms with Gasteiger partial charge in [-0.05, 0) is 22.6 Å². The summed E-state index contributed by atoms with van der Waals surface area (Å²) in [5, 5.41) is -0.946. The van der Waals surface area contributed by atoms with E-state index in [1.165, 1.54) is 16.8 Å². The Morgan fingerprint density at radius 1 is 0.886 bits per heavy atom. The summed E-state index contributed by atoms with van der Waals surface area (Å²) in [6.45, 7) is 5.04. The van der Waals surface area contributed by atoms with Gasteiger partial charge < -0.3 is 9.47 Å². The van der Waals surface area contributed by atoms with Gasteiger partial charge in [0.25, 0.3) is 5.56 Å². The minimum absolute atomic E-state index is 0.0187. The number of rotatable bonds is 9. The lowest BCUT2D eigenvalue weighted by Crippen LogP contribution is -2.58. The monoisotopic (exact) mass is 615 g/mol. The second-order valence-corrected chi connectivity index (χ2v) is 14.2. The molecule has 230 valence electrons. The largest absolute Gasteiger partial charge is 0.358 e. The zero-order valence-corrected chi connectivity index (χ0v) is 25.6. The summed E-state index contributed by atoms with van der Waals surface area (Å²) in [5.41, 5.74) is 0.387. The van der Waals surface area contributed by atoms with E-state index in [0.717, 1.165) is 16.7 Å². The normalized spacial score (nSPS) is 23.4. The number of nitrogens with zero attached hydrogens (tertiary/aromatic N) is 2. The lowest BCUT2D eigenvalue weighted by atomic mass is 9.80. The average molecular weight is 616 g/mol. The first-order valence-electron chi connectivity index (χ1n) is 14.9. The smallest absolute Gasteiger partial charge is 0.330 e. The Labute approximate surface area is 257 Å². The second-order valence-electron chi connectivity index (χ2n) is 11.9. The van der Waals surface area contributed by atoms with E-state index < -0.39 is 50.3 Å². The van der Waals surface area contributed by atoms with Crippen LogP contribution >= 0.6 is 0 Å². The molecule has 1 N–H and O–H groups in total. The third kappa shape index (κ3) is 5.59. The molecule has 2 aliphatic rings. The molecule has 0 spiro atoms. The molecule has 4 aromatic rings. The molecule has 0 amide bonds. The van der Waals surface area contributed by atoms with Crippen LogP contribution in [0.1, 0.15) is 36.8 Å². The van der Waals surface area contributed by atoms with Crippen LogP contribution in [0.3, 0.4) is 0 Å². The van der Waals surface area contributed by atoms with Crippen LogP contribution in [0.2, 0.25) is 0 Å². The van der Waals surface area contributed by atoms with Gasteiger partial charge in [-0.1, -0.05) is 105 Å².